The summed E-state index contributed by atoms with van der Waals surface area (Å²) in [4.78, 5) is 14.1. The topological polar surface area (TPSA) is 38.3 Å². The molecule has 0 radical (unpaired) electrons. The highest BCUT2D eigenvalue weighted by molar-refractivity contribution is 7.10. The maximum atomic E-state index is 12.7. The van der Waals surface area contributed by atoms with Crippen molar-refractivity contribution in [3.8, 4) is 5.75 Å². The Morgan fingerprint density at radius 3 is 2.75 bits per heavy atom. The quantitative estimate of drug-likeness (QED) is 0.836. The first-order valence-electron chi connectivity index (χ1n) is 8.43. The summed E-state index contributed by atoms with van der Waals surface area (Å²) in [5.74, 6) is 1.34. The van der Waals surface area contributed by atoms with Crippen molar-refractivity contribution in [3.63, 3.8) is 0 Å². The minimum Gasteiger partial charge on any atom is -0.495 e. The molecule has 1 aliphatic rings. The molecule has 1 N–H and O–H groups in total. The molecule has 3 nitrogen and oxygen atoms in total. The third-order valence-electron chi connectivity index (χ3n) is 4.98. The first-order chi connectivity index (χ1) is 11.4. The Kier molecular flexibility index (Phi) is 4.68. The smallest absolute Gasteiger partial charge is 0.256 e. The Labute approximate surface area is 148 Å². The molecule has 0 spiro atoms. The van der Waals surface area contributed by atoms with Crippen LogP contribution in [0, 0.1) is 11.3 Å². The summed E-state index contributed by atoms with van der Waals surface area (Å²) in [5.41, 5.74) is 3.11. The first-order valence-corrected chi connectivity index (χ1v) is 9.31. The average Bonchev–Trinajstić information content (AvgIpc) is 2.97. The van der Waals surface area contributed by atoms with E-state index < -0.39 is 0 Å². The highest BCUT2D eigenvalue weighted by Crippen LogP contribution is 2.40. The maximum Gasteiger partial charge on any atom is 0.256 e. The number of amides is 1. The predicted molar refractivity (Wildman–Crippen MR) is 100 cm³/mol. The number of hydrogen-bond donors (Lipinski definition) is 1. The summed E-state index contributed by atoms with van der Waals surface area (Å²) in [6, 6.07) is 7.51. The lowest BCUT2D eigenvalue weighted by atomic mass is 9.72. The van der Waals surface area contributed by atoms with Crippen molar-refractivity contribution in [2.75, 3.05) is 12.4 Å². The molecule has 1 aromatic heterocycles. The number of hydrogen-bond acceptors (Lipinski definition) is 3. The zero-order valence-corrected chi connectivity index (χ0v) is 15.6. The van der Waals surface area contributed by atoms with Crippen molar-refractivity contribution in [1.29, 1.82) is 0 Å². The van der Waals surface area contributed by atoms with E-state index in [9.17, 15) is 4.79 Å². The Bertz CT molecular complexity index is 742. The summed E-state index contributed by atoms with van der Waals surface area (Å²) in [5, 5.41) is 5.01. The van der Waals surface area contributed by atoms with Gasteiger partial charge in [-0.15, -0.1) is 11.3 Å². The van der Waals surface area contributed by atoms with Crippen molar-refractivity contribution < 1.29 is 9.53 Å². The van der Waals surface area contributed by atoms with E-state index in [0.29, 0.717) is 22.8 Å². The van der Waals surface area contributed by atoms with Crippen molar-refractivity contribution in [1.82, 2.24) is 0 Å². The molecule has 0 aliphatic heterocycles. The summed E-state index contributed by atoms with van der Waals surface area (Å²) in [7, 11) is 1.62. The number of anilines is 1. The molecule has 128 valence electrons. The molecular weight excluding hydrogens is 318 g/mol. The van der Waals surface area contributed by atoms with Gasteiger partial charge in [-0.05, 0) is 48.3 Å². The summed E-state index contributed by atoms with van der Waals surface area (Å²) < 4.78 is 5.32. The minimum atomic E-state index is -0.0359. The van der Waals surface area contributed by atoms with Gasteiger partial charge in [0, 0.05) is 10.3 Å². The Morgan fingerprint density at radius 1 is 1.29 bits per heavy atom. The van der Waals surface area contributed by atoms with E-state index in [2.05, 4.69) is 26.1 Å². The number of para-hydroxylation sites is 2. The second kappa shape index (κ2) is 6.60. The molecule has 0 saturated heterocycles. The van der Waals surface area contributed by atoms with Gasteiger partial charge < -0.3 is 10.1 Å². The fraction of sp³-hybridized carbons (Fsp3) is 0.450. The van der Waals surface area contributed by atoms with Gasteiger partial charge in [0.2, 0.25) is 0 Å². The molecule has 4 heteroatoms. The minimum absolute atomic E-state index is 0.0359. The zero-order valence-electron chi connectivity index (χ0n) is 14.8. The third-order valence-corrected chi connectivity index (χ3v) is 6.03. The van der Waals surface area contributed by atoms with Crippen LogP contribution in [0.5, 0.6) is 5.75 Å². The molecule has 0 bridgehead atoms. The van der Waals surface area contributed by atoms with Crippen LogP contribution in [0.4, 0.5) is 5.69 Å². The van der Waals surface area contributed by atoms with Gasteiger partial charge in [0.15, 0.2) is 0 Å². The number of rotatable bonds is 3. The summed E-state index contributed by atoms with van der Waals surface area (Å²) in [6.07, 6.45) is 3.24. The number of ether oxygens (including phenoxy) is 1. The number of nitrogens with one attached hydrogen (secondary N) is 1. The maximum absolute atomic E-state index is 12.7. The fourth-order valence-corrected chi connectivity index (χ4v) is 4.54. The Morgan fingerprint density at radius 2 is 2.04 bits per heavy atom. The van der Waals surface area contributed by atoms with Crippen molar-refractivity contribution in [3.05, 3.63) is 45.6 Å². The fourth-order valence-electron chi connectivity index (χ4n) is 3.38. The average molecular weight is 343 g/mol. The van der Waals surface area contributed by atoms with Crippen LogP contribution in [0.25, 0.3) is 0 Å². The SMILES string of the molecule is COc1ccccc1NC(=O)c1csc2c1CCC(C(C)(C)C)C2. The number of carbonyl (C=O) groups is 1. The second-order valence-corrected chi connectivity index (χ2v) is 8.48. The molecule has 1 heterocycles. The molecule has 1 unspecified atom stereocenters. The Balaban J connectivity index is 1.80. The standard InChI is InChI=1S/C20H25NO2S/c1-20(2,3)13-9-10-14-15(12-24-18(14)11-13)19(22)21-16-7-5-6-8-17(16)23-4/h5-8,12-13H,9-11H2,1-4H3,(H,21,22). The van der Waals surface area contributed by atoms with Gasteiger partial charge in [0.1, 0.15) is 5.75 Å². The monoisotopic (exact) mass is 343 g/mol. The molecule has 1 amide bonds. The largest absolute Gasteiger partial charge is 0.495 e. The van der Waals surface area contributed by atoms with Gasteiger partial charge in [-0.25, -0.2) is 0 Å². The summed E-state index contributed by atoms with van der Waals surface area (Å²) >= 11 is 1.73. The molecule has 1 aromatic carbocycles. The van der Waals surface area contributed by atoms with Crippen molar-refractivity contribution in [2.45, 2.75) is 40.0 Å². The summed E-state index contributed by atoms with van der Waals surface area (Å²) in [6.45, 7) is 6.93. The van der Waals surface area contributed by atoms with Gasteiger partial charge in [-0.1, -0.05) is 32.9 Å². The number of methoxy groups -OCH3 is 1. The van der Waals surface area contributed by atoms with Crippen LogP contribution in [-0.4, -0.2) is 13.0 Å². The molecule has 0 saturated carbocycles. The molecule has 0 fully saturated rings. The van der Waals surface area contributed by atoms with E-state index in [0.717, 1.165) is 24.8 Å². The van der Waals surface area contributed by atoms with E-state index in [1.54, 1.807) is 18.4 Å². The van der Waals surface area contributed by atoms with Gasteiger partial charge in [-0.2, -0.15) is 0 Å². The van der Waals surface area contributed by atoms with Crippen LogP contribution in [0.1, 0.15) is 48.0 Å². The molecule has 3 rings (SSSR count). The van der Waals surface area contributed by atoms with E-state index in [-0.39, 0.29) is 5.91 Å². The van der Waals surface area contributed by atoms with E-state index in [1.807, 2.05) is 29.6 Å². The highest BCUT2D eigenvalue weighted by Gasteiger charge is 2.31. The van der Waals surface area contributed by atoms with Crippen LogP contribution in [0.15, 0.2) is 29.6 Å². The van der Waals surface area contributed by atoms with Gasteiger partial charge >= 0.3 is 0 Å². The normalized spacial score (nSPS) is 17.2. The van der Waals surface area contributed by atoms with Crippen molar-refractivity contribution >= 4 is 22.9 Å². The molecule has 1 atom stereocenters. The van der Waals surface area contributed by atoms with Crippen LogP contribution >= 0.6 is 11.3 Å². The van der Waals surface area contributed by atoms with E-state index in [4.69, 9.17) is 4.74 Å². The van der Waals surface area contributed by atoms with Gasteiger partial charge in [0.25, 0.3) is 5.91 Å². The lowest BCUT2D eigenvalue weighted by molar-refractivity contribution is 0.102. The molecular formula is C20H25NO2S. The molecule has 2 aromatic rings. The van der Waals surface area contributed by atoms with Crippen LogP contribution in [-0.2, 0) is 12.8 Å². The van der Waals surface area contributed by atoms with E-state index in [1.165, 1.54) is 10.4 Å². The number of thiophene rings is 1. The number of fused-ring (bicyclic) bond motifs is 1. The van der Waals surface area contributed by atoms with Gasteiger partial charge in [0.05, 0.1) is 18.4 Å². The van der Waals surface area contributed by atoms with E-state index >= 15 is 0 Å². The number of benzene rings is 1. The Hall–Kier alpha value is -1.81. The third kappa shape index (κ3) is 3.34. The lowest BCUT2D eigenvalue weighted by Gasteiger charge is -2.34. The van der Waals surface area contributed by atoms with Gasteiger partial charge in [-0.3, -0.25) is 4.79 Å². The molecule has 24 heavy (non-hydrogen) atoms. The van der Waals surface area contributed by atoms with Crippen LogP contribution in [0.2, 0.25) is 0 Å². The predicted octanol–water partition coefficient (Wildman–Crippen LogP) is 5.16. The first kappa shape index (κ1) is 17.0. The van der Waals surface area contributed by atoms with Crippen LogP contribution in [0.3, 0.4) is 0 Å². The highest BCUT2D eigenvalue weighted by atomic mass is 32.1. The second-order valence-electron chi connectivity index (χ2n) is 7.51. The van der Waals surface area contributed by atoms with Crippen molar-refractivity contribution in [2.24, 2.45) is 11.3 Å². The van der Waals surface area contributed by atoms with Crippen LogP contribution < -0.4 is 10.1 Å². The lowest BCUT2D eigenvalue weighted by Crippen LogP contribution is -2.27. The zero-order chi connectivity index (χ0) is 17.3. The molecule has 1 aliphatic carbocycles. The number of carbonyl (C=O) groups excluding carboxylic acids is 1.